The molecular formula is C25H28N4O7. The Morgan fingerprint density at radius 1 is 1.06 bits per heavy atom. The second kappa shape index (κ2) is 12.0. The molecule has 3 N–H and O–H groups in total. The summed E-state index contributed by atoms with van der Waals surface area (Å²) in [5.41, 5.74) is 0.698. The van der Waals surface area contributed by atoms with Gasteiger partial charge in [-0.05, 0) is 36.9 Å². The van der Waals surface area contributed by atoms with Crippen molar-refractivity contribution in [2.24, 2.45) is 5.92 Å². The van der Waals surface area contributed by atoms with Crippen LogP contribution in [-0.2, 0) is 16.1 Å². The first-order valence-corrected chi connectivity index (χ1v) is 11.6. The van der Waals surface area contributed by atoms with Crippen LogP contribution in [0.3, 0.4) is 0 Å². The van der Waals surface area contributed by atoms with E-state index in [1.165, 1.54) is 6.07 Å². The van der Waals surface area contributed by atoms with Crippen molar-refractivity contribution in [1.82, 2.24) is 15.5 Å². The van der Waals surface area contributed by atoms with Gasteiger partial charge in [-0.2, -0.15) is 0 Å². The fourth-order valence-electron chi connectivity index (χ4n) is 3.96. The van der Waals surface area contributed by atoms with Gasteiger partial charge >= 0.3 is 5.97 Å². The first kappa shape index (κ1) is 26.5. The standard InChI is InChI=1S/C25H28N4O7/c1-16(13-22(30)27-15-17-5-3-2-4-6-17)9-11-26-21(25(33)34)10-12-28-23(31)19-8-7-18(29(35)36)14-20(19)24(28)32/h2-8,14,16,21,26H,9-13,15H2,1H3,(H,27,30)(H,33,34)/t16-,21+/m0/s1. The van der Waals surface area contributed by atoms with E-state index in [4.69, 9.17) is 0 Å². The summed E-state index contributed by atoms with van der Waals surface area (Å²) in [6, 6.07) is 12.0. The minimum atomic E-state index is -1.13. The zero-order valence-corrected chi connectivity index (χ0v) is 19.8. The highest BCUT2D eigenvalue weighted by atomic mass is 16.6. The van der Waals surface area contributed by atoms with Crippen LogP contribution in [-0.4, -0.2) is 57.8 Å². The Kier molecular flexibility index (Phi) is 8.85. The number of non-ortho nitro benzene ring substituents is 1. The Bertz CT molecular complexity index is 1150. The third-order valence-corrected chi connectivity index (χ3v) is 6.00. The number of nitrogens with zero attached hydrogens (tertiary/aromatic N) is 2. The Hall–Kier alpha value is -4.12. The van der Waals surface area contributed by atoms with Gasteiger partial charge < -0.3 is 15.7 Å². The number of carbonyl (C=O) groups is 4. The maximum absolute atomic E-state index is 12.6. The molecule has 0 saturated carbocycles. The zero-order chi connectivity index (χ0) is 26.2. The minimum absolute atomic E-state index is 0.00902. The molecule has 0 aromatic heterocycles. The summed E-state index contributed by atoms with van der Waals surface area (Å²) in [5, 5.41) is 26.3. The molecule has 1 heterocycles. The van der Waals surface area contributed by atoms with Crippen molar-refractivity contribution in [3.05, 3.63) is 75.3 Å². The summed E-state index contributed by atoms with van der Waals surface area (Å²) in [5.74, 6) is -2.50. The Balaban J connectivity index is 1.44. The molecule has 1 aliphatic heterocycles. The zero-order valence-electron chi connectivity index (χ0n) is 19.8. The number of hydrogen-bond acceptors (Lipinski definition) is 7. The molecule has 0 aliphatic carbocycles. The largest absolute Gasteiger partial charge is 0.480 e. The lowest BCUT2D eigenvalue weighted by Crippen LogP contribution is -2.42. The first-order chi connectivity index (χ1) is 17.2. The van der Waals surface area contributed by atoms with Crippen LogP contribution in [0.25, 0.3) is 0 Å². The SMILES string of the molecule is C[C@@H](CCN[C@H](CCN1C(=O)c2ccc([N+](=O)[O-])cc2C1=O)C(=O)O)CC(=O)NCc1ccccc1. The second-order valence-electron chi connectivity index (χ2n) is 8.74. The van der Waals surface area contributed by atoms with Crippen LogP contribution in [0, 0.1) is 16.0 Å². The lowest BCUT2D eigenvalue weighted by atomic mass is 10.0. The molecule has 2 aromatic carbocycles. The fraction of sp³-hybridized carbons (Fsp3) is 0.360. The molecule has 190 valence electrons. The minimum Gasteiger partial charge on any atom is -0.480 e. The fourth-order valence-corrected chi connectivity index (χ4v) is 3.96. The van der Waals surface area contributed by atoms with Gasteiger partial charge in [-0.3, -0.25) is 34.2 Å². The predicted octanol–water partition coefficient (Wildman–Crippen LogP) is 2.36. The predicted molar refractivity (Wildman–Crippen MR) is 129 cm³/mol. The van der Waals surface area contributed by atoms with E-state index < -0.39 is 28.7 Å². The summed E-state index contributed by atoms with van der Waals surface area (Å²) < 4.78 is 0. The van der Waals surface area contributed by atoms with Gasteiger partial charge in [-0.15, -0.1) is 0 Å². The van der Waals surface area contributed by atoms with Crippen LogP contribution < -0.4 is 10.6 Å². The summed E-state index contributed by atoms with van der Waals surface area (Å²) in [6.45, 7) is 2.52. The van der Waals surface area contributed by atoms with E-state index in [2.05, 4.69) is 10.6 Å². The second-order valence-corrected chi connectivity index (χ2v) is 8.74. The summed E-state index contributed by atoms with van der Waals surface area (Å²) in [6.07, 6.45) is 0.821. The maximum atomic E-state index is 12.6. The summed E-state index contributed by atoms with van der Waals surface area (Å²) in [4.78, 5) is 60.2. The van der Waals surface area contributed by atoms with Crippen LogP contribution in [0.4, 0.5) is 5.69 Å². The average Bonchev–Trinajstić information content (AvgIpc) is 3.09. The van der Waals surface area contributed by atoms with Gasteiger partial charge in [0.2, 0.25) is 5.91 Å². The number of benzene rings is 2. The molecule has 11 heteroatoms. The first-order valence-electron chi connectivity index (χ1n) is 11.6. The van der Waals surface area contributed by atoms with Crippen molar-refractivity contribution in [2.45, 2.75) is 38.8 Å². The molecule has 2 atom stereocenters. The number of nitro groups is 1. The average molecular weight is 497 g/mol. The molecule has 2 aromatic rings. The molecule has 0 unspecified atom stereocenters. The summed E-state index contributed by atoms with van der Waals surface area (Å²) >= 11 is 0. The highest BCUT2D eigenvalue weighted by Gasteiger charge is 2.37. The van der Waals surface area contributed by atoms with Crippen molar-refractivity contribution in [3.8, 4) is 0 Å². The molecule has 0 spiro atoms. The molecule has 36 heavy (non-hydrogen) atoms. The van der Waals surface area contributed by atoms with Crippen LogP contribution in [0.15, 0.2) is 48.5 Å². The van der Waals surface area contributed by atoms with E-state index in [0.29, 0.717) is 25.9 Å². The van der Waals surface area contributed by atoms with E-state index in [-0.39, 0.29) is 41.6 Å². The number of amides is 3. The molecule has 1 aliphatic rings. The number of fused-ring (bicyclic) bond motifs is 1. The molecular weight excluding hydrogens is 468 g/mol. The molecule has 11 nitrogen and oxygen atoms in total. The Morgan fingerprint density at radius 2 is 1.75 bits per heavy atom. The third kappa shape index (κ3) is 6.72. The monoisotopic (exact) mass is 496 g/mol. The van der Waals surface area contributed by atoms with Gasteiger partial charge in [0, 0.05) is 31.6 Å². The number of aliphatic carboxylic acids is 1. The molecule has 0 saturated heterocycles. The van der Waals surface area contributed by atoms with E-state index in [1.807, 2.05) is 37.3 Å². The highest BCUT2D eigenvalue weighted by molar-refractivity contribution is 6.21. The quantitative estimate of drug-likeness (QED) is 0.216. The Labute approximate surface area is 207 Å². The maximum Gasteiger partial charge on any atom is 0.320 e. The lowest BCUT2D eigenvalue weighted by Gasteiger charge is -2.19. The van der Waals surface area contributed by atoms with Gasteiger partial charge in [0.15, 0.2) is 0 Å². The lowest BCUT2D eigenvalue weighted by molar-refractivity contribution is -0.384. The number of imide groups is 1. The number of carboxylic acids is 1. The van der Waals surface area contributed by atoms with Gasteiger partial charge in [0.05, 0.1) is 16.1 Å². The summed E-state index contributed by atoms with van der Waals surface area (Å²) in [7, 11) is 0. The van der Waals surface area contributed by atoms with Crippen LogP contribution in [0.5, 0.6) is 0 Å². The van der Waals surface area contributed by atoms with Crippen molar-refractivity contribution in [3.63, 3.8) is 0 Å². The van der Waals surface area contributed by atoms with Crippen LogP contribution in [0.1, 0.15) is 52.5 Å². The van der Waals surface area contributed by atoms with E-state index in [9.17, 15) is 34.4 Å². The van der Waals surface area contributed by atoms with Crippen molar-refractivity contribution < 1.29 is 29.2 Å². The molecule has 3 amide bonds. The third-order valence-electron chi connectivity index (χ3n) is 6.00. The Morgan fingerprint density at radius 3 is 2.42 bits per heavy atom. The number of carboxylic acid groups (broad SMARTS) is 1. The van der Waals surface area contributed by atoms with Crippen molar-refractivity contribution >= 4 is 29.4 Å². The molecule has 0 radical (unpaired) electrons. The molecule has 0 bridgehead atoms. The number of rotatable bonds is 13. The van der Waals surface area contributed by atoms with E-state index in [1.54, 1.807) is 0 Å². The van der Waals surface area contributed by atoms with E-state index >= 15 is 0 Å². The normalized spacial score (nSPS) is 14.3. The van der Waals surface area contributed by atoms with Crippen molar-refractivity contribution in [1.29, 1.82) is 0 Å². The molecule has 0 fully saturated rings. The van der Waals surface area contributed by atoms with E-state index in [0.717, 1.165) is 22.6 Å². The smallest absolute Gasteiger partial charge is 0.320 e. The number of hydrogen-bond donors (Lipinski definition) is 3. The number of nitrogens with one attached hydrogen (secondary N) is 2. The van der Waals surface area contributed by atoms with Gasteiger partial charge in [-0.1, -0.05) is 37.3 Å². The van der Waals surface area contributed by atoms with Crippen molar-refractivity contribution in [2.75, 3.05) is 13.1 Å². The van der Waals surface area contributed by atoms with Gasteiger partial charge in [0.25, 0.3) is 17.5 Å². The topological polar surface area (TPSA) is 159 Å². The van der Waals surface area contributed by atoms with Crippen LogP contribution in [0.2, 0.25) is 0 Å². The highest BCUT2D eigenvalue weighted by Crippen LogP contribution is 2.27. The molecule has 3 rings (SSSR count). The van der Waals surface area contributed by atoms with Crippen LogP contribution >= 0.6 is 0 Å². The number of carbonyl (C=O) groups excluding carboxylic acids is 3. The van der Waals surface area contributed by atoms with Gasteiger partial charge in [0.1, 0.15) is 6.04 Å². The van der Waals surface area contributed by atoms with Gasteiger partial charge in [-0.25, -0.2) is 0 Å². The number of nitro benzene ring substituents is 1.